The van der Waals surface area contributed by atoms with E-state index in [0.717, 1.165) is 30.8 Å². The third-order valence-corrected chi connectivity index (χ3v) is 2.91. The van der Waals surface area contributed by atoms with Gasteiger partial charge in [-0.2, -0.15) is 5.26 Å². The number of ether oxygens (including phenoxy) is 1. The Morgan fingerprint density at radius 2 is 2.00 bits per heavy atom. The normalized spacial score (nSPS) is 11.8. The lowest BCUT2D eigenvalue weighted by Gasteiger charge is -2.10. The number of alkyl halides is 1. The van der Waals surface area contributed by atoms with Gasteiger partial charge in [0.05, 0.1) is 19.1 Å². The summed E-state index contributed by atoms with van der Waals surface area (Å²) in [4.78, 5) is 0. The fourth-order valence-electron chi connectivity index (χ4n) is 1.50. The van der Waals surface area contributed by atoms with Crippen LogP contribution in [0.5, 0.6) is 5.75 Å². The smallest absolute Gasteiger partial charge is 0.119 e. The molecule has 0 heterocycles. The van der Waals surface area contributed by atoms with Crippen molar-refractivity contribution < 1.29 is 4.74 Å². The third kappa shape index (κ3) is 5.60. The average molecular weight is 252 g/mol. The zero-order valence-corrected chi connectivity index (χ0v) is 10.9. The van der Waals surface area contributed by atoms with Crippen molar-refractivity contribution in [3.63, 3.8) is 0 Å². The van der Waals surface area contributed by atoms with Crippen LogP contribution in [0, 0.1) is 17.2 Å². The number of benzene rings is 1. The first kappa shape index (κ1) is 13.9. The van der Waals surface area contributed by atoms with Gasteiger partial charge in [-0.1, -0.05) is 19.1 Å². The minimum absolute atomic E-state index is 0.451. The Morgan fingerprint density at radius 3 is 2.59 bits per heavy atom. The van der Waals surface area contributed by atoms with Gasteiger partial charge in [-0.05, 0) is 36.5 Å². The molecule has 0 saturated heterocycles. The van der Waals surface area contributed by atoms with E-state index in [1.54, 1.807) is 0 Å². The molecular formula is C14H18ClNO. The number of hydrogen-bond acceptors (Lipinski definition) is 2. The van der Waals surface area contributed by atoms with Gasteiger partial charge in [-0.3, -0.25) is 0 Å². The summed E-state index contributed by atoms with van der Waals surface area (Å²) in [6, 6.07) is 9.82. The predicted octanol–water partition coefficient (Wildman–Crippen LogP) is 3.79. The Labute approximate surface area is 108 Å². The lowest BCUT2D eigenvalue weighted by Crippen LogP contribution is -2.04. The van der Waals surface area contributed by atoms with Crippen LogP contribution < -0.4 is 4.74 Å². The summed E-state index contributed by atoms with van der Waals surface area (Å²) in [7, 11) is 0. The second kappa shape index (κ2) is 7.97. The summed E-state index contributed by atoms with van der Waals surface area (Å²) in [5, 5.41) is 8.55. The summed E-state index contributed by atoms with van der Waals surface area (Å²) >= 11 is 5.67. The maximum absolute atomic E-state index is 8.55. The first-order valence-corrected chi connectivity index (χ1v) is 6.44. The first-order chi connectivity index (χ1) is 8.26. The summed E-state index contributed by atoms with van der Waals surface area (Å²) in [6.45, 7) is 2.90. The Balaban J connectivity index is 2.30. The summed E-state index contributed by atoms with van der Waals surface area (Å²) in [5.41, 5.74) is 1.02. The molecule has 0 aliphatic rings. The lowest BCUT2D eigenvalue weighted by molar-refractivity contribution is 0.282. The van der Waals surface area contributed by atoms with E-state index in [4.69, 9.17) is 21.6 Å². The van der Waals surface area contributed by atoms with Gasteiger partial charge < -0.3 is 4.74 Å². The third-order valence-electron chi connectivity index (χ3n) is 2.69. The maximum atomic E-state index is 8.55. The molecular weight excluding hydrogens is 234 g/mol. The molecule has 17 heavy (non-hydrogen) atoms. The van der Waals surface area contributed by atoms with Gasteiger partial charge in [0.25, 0.3) is 0 Å². The summed E-state index contributed by atoms with van der Waals surface area (Å²) < 4.78 is 5.63. The van der Waals surface area contributed by atoms with Crippen LogP contribution in [0.25, 0.3) is 0 Å². The quantitative estimate of drug-likeness (QED) is 0.691. The van der Waals surface area contributed by atoms with E-state index >= 15 is 0 Å². The van der Waals surface area contributed by atoms with Crippen LogP contribution in [0.4, 0.5) is 0 Å². The largest absolute Gasteiger partial charge is 0.494 e. The van der Waals surface area contributed by atoms with E-state index in [0.29, 0.717) is 18.2 Å². The van der Waals surface area contributed by atoms with E-state index < -0.39 is 0 Å². The van der Waals surface area contributed by atoms with Crippen molar-refractivity contribution in [2.75, 3.05) is 12.5 Å². The molecule has 3 heteroatoms. The van der Waals surface area contributed by atoms with Gasteiger partial charge in [0.2, 0.25) is 0 Å². The van der Waals surface area contributed by atoms with Crippen molar-refractivity contribution in [3.8, 4) is 11.8 Å². The molecule has 0 bridgehead atoms. The highest BCUT2D eigenvalue weighted by Gasteiger charge is 2.01. The van der Waals surface area contributed by atoms with Crippen LogP contribution >= 0.6 is 11.6 Å². The van der Waals surface area contributed by atoms with Crippen molar-refractivity contribution in [2.45, 2.75) is 26.2 Å². The van der Waals surface area contributed by atoms with Crippen LogP contribution in [0.1, 0.15) is 25.3 Å². The molecule has 0 amide bonds. The molecule has 0 radical (unpaired) electrons. The second-order valence-corrected chi connectivity index (χ2v) is 4.58. The van der Waals surface area contributed by atoms with Crippen LogP contribution in [0.15, 0.2) is 24.3 Å². The Morgan fingerprint density at radius 1 is 1.29 bits per heavy atom. The van der Waals surface area contributed by atoms with Crippen molar-refractivity contribution in [2.24, 2.45) is 5.92 Å². The second-order valence-electron chi connectivity index (χ2n) is 4.20. The molecule has 1 unspecified atom stereocenters. The minimum Gasteiger partial charge on any atom is -0.494 e. The van der Waals surface area contributed by atoms with Crippen molar-refractivity contribution >= 4 is 11.6 Å². The summed E-state index contributed by atoms with van der Waals surface area (Å²) in [5.74, 6) is 2.18. The fraction of sp³-hybridized carbons (Fsp3) is 0.500. The standard InChI is InChI=1S/C14H18ClNO/c1-12(6-9-15)8-11-17-14-4-2-13(3-5-14)7-10-16/h2-5,12H,6-9,11H2,1H3. The van der Waals surface area contributed by atoms with Gasteiger partial charge >= 0.3 is 0 Å². The highest BCUT2D eigenvalue weighted by Crippen LogP contribution is 2.14. The highest BCUT2D eigenvalue weighted by molar-refractivity contribution is 6.17. The van der Waals surface area contributed by atoms with Crippen LogP contribution in [0.2, 0.25) is 0 Å². The van der Waals surface area contributed by atoms with E-state index in [1.807, 2.05) is 24.3 Å². The Bertz CT molecular complexity index is 355. The number of hydrogen-bond donors (Lipinski definition) is 0. The monoisotopic (exact) mass is 251 g/mol. The molecule has 92 valence electrons. The van der Waals surface area contributed by atoms with E-state index in [9.17, 15) is 0 Å². The number of nitrogens with zero attached hydrogens (tertiary/aromatic N) is 1. The van der Waals surface area contributed by atoms with Gasteiger partial charge in [-0.15, -0.1) is 11.6 Å². The molecule has 1 rings (SSSR count). The molecule has 0 spiro atoms. The molecule has 1 aromatic carbocycles. The SMILES string of the molecule is CC(CCCl)CCOc1ccc(CC#N)cc1. The van der Waals surface area contributed by atoms with Crippen molar-refractivity contribution in [1.29, 1.82) is 5.26 Å². The topological polar surface area (TPSA) is 33.0 Å². The first-order valence-electron chi connectivity index (χ1n) is 5.91. The van der Waals surface area contributed by atoms with E-state index in [-0.39, 0.29) is 0 Å². The Kier molecular flexibility index (Phi) is 6.50. The lowest BCUT2D eigenvalue weighted by atomic mass is 10.1. The van der Waals surface area contributed by atoms with Gasteiger partial charge in [0, 0.05) is 5.88 Å². The molecule has 1 atom stereocenters. The zero-order chi connectivity index (χ0) is 12.5. The highest BCUT2D eigenvalue weighted by atomic mass is 35.5. The van der Waals surface area contributed by atoms with Crippen LogP contribution in [-0.4, -0.2) is 12.5 Å². The molecule has 0 saturated carbocycles. The fourth-order valence-corrected chi connectivity index (χ4v) is 1.88. The maximum Gasteiger partial charge on any atom is 0.119 e. The zero-order valence-electron chi connectivity index (χ0n) is 10.2. The van der Waals surface area contributed by atoms with Crippen LogP contribution in [0.3, 0.4) is 0 Å². The van der Waals surface area contributed by atoms with Crippen molar-refractivity contribution in [1.82, 2.24) is 0 Å². The van der Waals surface area contributed by atoms with Gasteiger partial charge in [0.15, 0.2) is 0 Å². The summed E-state index contributed by atoms with van der Waals surface area (Å²) in [6.07, 6.45) is 2.51. The van der Waals surface area contributed by atoms with Crippen molar-refractivity contribution in [3.05, 3.63) is 29.8 Å². The van der Waals surface area contributed by atoms with E-state index in [1.165, 1.54) is 0 Å². The number of nitriles is 1. The number of rotatable bonds is 7. The molecule has 0 N–H and O–H groups in total. The molecule has 1 aromatic rings. The van der Waals surface area contributed by atoms with Gasteiger partial charge in [-0.25, -0.2) is 0 Å². The molecule has 0 aromatic heterocycles. The van der Waals surface area contributed by atoms with Gasteiger partial charge in [0.1, 0.15) is 5.75 Å². The molecule has 0 aliphatic carbocycles. The molecule has 0 aliphatic heterocycles. The van der Waals surface area contributed by atoms with E-state index in [2.05, 4.69) is 13.0 Å². The Hall–Kier alpha value is -1.20. The predicted molar refractivity (Wildman–Crippen MR) is 70.4 cm³/mol. The molecule has 2 nitrogen and oxygen atoms in total. The van der Waals surface area contributed by atoms with Crippen LogP contribution in [-0.2, 0) is 6.42 Å². The average Bonchev–Trinajstić information content (AvgIpc) is 2.32. The number of halogens is 1. The minimum atomic E-state index is 0.451. The molecule has 0 fully saturated rings.